The number of carbonyl (C=O) groups excluding carboxylic acids is 2. The van der Waals surface area contributed by atoms with Crippen molar-refractivity contribution in [2.75, 3.05) is 13.1 Å². The number of hydrogen-bond donors (Lipinski definition) is 3. The molecule has 5 heteroatoms. The maximum absolute atomic E-state index is 11.3. The van der Waals surface area contributed by atoms with Crippen LogP contribution in [0.2, 0.25) is 0 Å². The van der Waals surface area contributed by atoms with Crippen LogP contribution in [-0.2, 0) is 11.3 Å². The molecule has 0 spiro atoms. The molecule has 0 aliphatic carbocycles. The first-order valence-electron chi connectivity index (χ1n) is 6.49. The van der Waals surface area contributed by atoms with Crippen LogP contribution in [0.1, 0.15) is 35.7 Å². The van der Waals surface area contributed by atoms with E-state index in [4.69, 9.17) is 5.73 Å². The molecule has 5 nitrogen and oxygen atoms in total. The zero-order chi connectivity index (χ0) is 14.1. The molecule has 19 heavy (non-hydrogen) atoms. The third-order valence-electron chi connectivity index (χ3n) is 2.67. The lowest BCUT2D eigenvalue weighted by Crippen LogP contribution is -2.28. The number of nitrogens with one attached hydrogen (secondary N) is 2. The van der Waals surface area contributed by atoms with Gasteiger partial charge in [-0.3, -0.25) is 9.59 Å². The van der Waals surface area contributed by atoms with E-state index in [2.05, 4.69) is 10.6 Å². The fourth-order valence-electron chi connectivity index (χ4n) is 1.57. The molecule has 0 unspecified atom stereocenters. The molecule has 4 N–H and O–H groups in total. The third kappa shape index (κ3) is 6.01. The largest absolute Gasteiger partial charge is 0.366 e. The predicted octanol–water partition coefficient (Wildman–Crippen LogP) is 0.791. The van der Waals surface area contributed by atoms with E-state index in [-0.39, 0.29) is 5.91 Å². The second kappa shape index (κ2) is 8.26. The summed E-state index contributed by atoms with van der Waals surface area (Å²) in [4.78, 5) is 22.2. The van der Waals surface area contributed by atoms with E-state index in [1.54, 1.807) is 12.1 Å². The second-order valence-corrected chi connectivity index (χ2v) is 4.34. The Morgan fingerprint density at radius 3 is 2.42 bits per heavy atom. The summed E-state index contributed by atoms with van der Waals surface area (Å²) in [6.07, 6.45) is 1.42. The maximum Gasteiger partial charge on any atom is 0.248 e. The zero-order valence-electron chi connectivity index (χ0n) is 11.2. The normalized spacial score (nSPS) is 10.2. The maximum atomic E-state index is 11.3. The molecular formula is C14H21N3O2. The van der Waals surface area contributed by atoms with Gasteiger partial charge in [0.05, 0.1) is 0 Å². The van der Waals surface area contributed by atoms with Crippen molar-refractivity contribution in [3.05, 3.63) is 35.4 Å². The summed E-state index contributed by atoms with van der Waals surface area (Å²) in [6.45, 7) is 4.05. The highest BCUT2D eigenvalue weighted by Gasteiger charge is 2.01. The van der Waals surface area contributed by atoms with E-state index in [1.165, 1.54) is 0 Å². The molecule has 104 valence electrons. The molecule has 0 atom stereocenters. The average Bonchev–Trinajstić information content (AvgIpc) is 2.41. The van der Waals surface area contributed by atoms with Gasteiger partial charge >= 0.3 is 0 Å². The summed E-state index contributed by atoms with van der Waals surface area (Å²) >= 11 is 0. The molecule has 0 aliphatic rings. The highest BCUT2D eigenvalue weighted by molar-refractivity contribution is 5.92. The quantitative estimate of drug-likeness (QED) is 0.606. The molecule has 0 saturated heterocycles. The zero-order valence-corrected chi connectivity index (χ0v) is 11.2. The van der Waals surface area contributed by atoms with Crippen molar-refractivity contribution in [2.24, 2.45) is 5.73 Å². The Morgan fingerprint density at radius 2 is 1.84 bits per heavy atom. The van der Waals surface area contributed by atoms with Crippen molar-refractivity contribution in [3.63, 3.8) is 0 Å². The third-order valence-corrected chi connectivity index (χ3v) is 2.67. The summed E-state index contributed by atoms with van der Waals surface area (Å²) < 4.78 is 0. The number of benzene rings is 1. The SMILES string of the molecule is CCCNC(=O)CCNCc1ccc(C(N)=O)cc1. The van der Waals surface area contributed by atoms with Crippen LogP contribution in [0.5, 0.6) is 0 Å². The van der Waals surface area contributed by atoms with Crippen LogP contribution in [0.4, 0.5) is 0 Å². The predicted molar refractivity (Wildman–Crippen MR) is 74.6 cm³/mol. The number of carbonyl (C=O) groups is 2. The molecule has 1 rings (SSSR count). The Hall–Kier alpha value is -1.88. The lowest BCUT2D eigenvalue weighted by molar-refractivity contribution is -0.120. The van der Waals surface area contributed by atoms with E-state index < -0.39 is 5.91 Å². The van der Waals surface area contributed by atoms with Crippen LogP contribution in [-0.4, -0.2) is 24.9 Å². The standard InChI is InChI=1S/C14H21N3O2/c1-2-8-17-13(18)7-9-16-10-11-3-5-12(6-4-11)14(15)19/h3-6,16H,2,7-10H2,1H3,(H2,15,19)(H,17,18). The van der Waals surface area contributed by atoms with Gasteiger partial charge in [0.15, 0.2) is 0 Å². The minimum Gasteiger partial charge on any atom is -0.366 e. The van der Waals surface area contributed by atoms with Crippen molar-refractivity contribution in [3.8, 4) is 0 Å². The van der Waals surface area contributed by atoms with Gasteiger partial charge in [0.2, 0.25) is 11.8 Å². The van der Waals surface area contributed by atoms with Crippen molar-refractivity contribution in [1.82, 2.24) is 10.6 Å². The highest BCUT2D eigenvalue weighted by Crippen LogP contribution is 2.03. The molecule has 0 heterocycles. The first-order valence-corrected chi connectivity index (χ1v) is 6.49. The van der Waals surface area contributed by atoms with Gasteiger partial charge in [-0.25, -0.2) is 0 Å². The van der Waals surface area contributed by atoms with E-state index in [0.717, 1.165) is 18.5 Å². The fourth-order valence-corrected chi connectivity index (χ4v) is 1.57. The highest BCUT2D eigenvalue weighted by atomic mass is 16.1. The summed E-state index contributed by atoms with van der Waals surface area (Å²) in [5, 5.41) is 6.00. The molecule has 0 radical (unpaired) electrons. The number of amides is 2. The Bertz CT molecular complexity index is 415. The molecular weight excluding hydrogens is 242 g/mol. The molecule has 0 aliphatic heterocycles. The van der Waals surface area contributed by atoms with Crippen LogP contribution in [0.3, 0.4) is 0 Å². The van der Waals surface area contributed by atoms with Crippen LogP contribution >= 0.6 is 0 Å². The summed E-state index contributed by atoms with van der Waals surface area (Å²) in [7, 11) is 0. The van der Waals surface area contributed by atoms with Crippen LogP contribution < -0.4 is 16.4 Å². The summed E-state index contributed by atoms with van der Waals surface area (Å²) in [5.74, 6) is -0.356. The number of nitrogens with two attached hydrogens (primary N) is 1. The smallest absolute Gasteiger partial charge is 0.248 e. The van der Waals surface area contributed by atoms with Gasteiger partial charge in [-0.15, -0.1) is 0 Å². The van der Waals surface area contributed by atoms with Gasteiger partial charge in [-0.2, -0.15) is 0 Å². The average molecular weight is 263 g/mol. The second-order valence-electron chi connectivity index (χ2n) is 4.34. The lowest BCUT2D eigenvalue weighted by Gasteiger charge is -2.06. The molecule has 0 saturated carbocycles. The number of primary amides is 1. The summed E-state index contributed by atoms with van der Waals surface area (Å²) in [6, 6.07) is 7.11. The molecule has 2 amide bonds. The van der Waals surface area contributed by atoms with Gasteiger partial charge < -0.3 is 16.4 Å². The van der Waals surface area contributed by atoms with Crippen molar-refractivity contribution in [2.45, 2.75) is 26.3 Å². The molecule has 1 aromatic rings. The van der Waals surface area contributed by atoms with Gasteiger partial charge in [0.1, 0.15) is 0 Å². The number of hydrogen-bond acceptors (Lipinski definition) is 3. The van der Waals surface area contributed by atoms with E-state index >= 15 is 0 Å². The Kier molecular flexibility index (Phi) is 6.60. The minimum atomic E-state index is -0.424. The van der Waals surface area contributed by atoms with E-state index in [0.29, 0.717) is 25.1 Å². The minimum absolute atomic E-state index is 0.0680. The summed E-state index contributed by atoms with van der Waals surface area (Å²) in [5.41, 5.74) is 6.72. The number of rotatable bonds is 8. The molecule has 0 fully saturated rings. The first-order chi connectivity index (χ1) is 9.13. The van der Waals surface area contributed by atoms with E-state index in [1.807, 2.05) is 19.1 Å². The Labute approximate surface area is 113 Å². The van der Waals surface area contributed by atoms with Gasteiger partial charge in [0.25, 0.3) is 0 Å². The van der Waals surface area contributed by atoms with Gasteiger partial charge in [-0.05, 0) is 24.1 Å². The van der Waals surface area contributed by atoms with Crippen LogP contribution in [0.15, 0.2) is 24.3 Å². The Morgan fingerprint density at radius 1 is 1.16 bits per heavy atom. The first kappa shape index (κ1) is 15.2. The van der Waals surface area contributed by atoms with Gasteiger partial charge in [-0.1, -0.05) is 19.1 Å². The molecule has 1 aromatic carbocycles. The Balaban J connectivity index is 2.22. The molecule has 0 bridgehead atoms. The monoisotopic (exact) mass is 263 g/mol. The fraction of sp³-hybridized carbons (Fsp3) is 0.429. The van der Waals surface area contributed by atoms with E-state index in [9.17, 15) is 9.59 Å². The van der Waals surface area contributed by atoms with Crippen LogP contribution in [0.25, 0.3) is 0 Å². The van der Waals surface area contributed by atoms with Gasteiger partial charge in [0, 0.05) is 31.6 Å². The van der Waals surface area contributed by atoms with Crippen molar-refractivity contribution < 1.29 is 9.59 Å². The topological polar surface area (TPSA) is 84.2 Å². The molecule has 0 aromatic heterocycles. The van der Waals surface area contributed by atoms with Crippen LogP contribution in [0, 0.1) is 0 Å². The van der Waals surface area contributed by atoms with Crippen molar-refractivity contribution >= 4 is 11.8 Å². The van der Waals surface area contributed by atoms with Crippen molar-refractivity contribution in [1.29, 1.82) is 0 Å². The lowest BCUT2D eigenvalue weighted by atomic mass is 10.1.